The number of hydrogen-bond acceptors (Lipinski definition) is 8. The van der Waals surface area contributed by atoms with Crippen molar-refractivity contribution in [2.75, 3.05) is 17.8 Å². The van der Waals surface area contributed by atoms with E-state index in [1.165, 1.54) is 24.3 Å². The van der Waals surface area contributed by atoms with Crippen molar-refractivity contribution in [1.82, 2.24) is 20.4 Å². The minimum Gasteiger partial charge on any atom is -0.387 e. The Balaban J connectivity index is 1.17. The highest BCUT2D eigenvalue weighted by atomic mass is 32.2. The van der Waals surface area contributed by atoms with Crippen LogP contribution < -0.4 is 10.0 Å². The molecule has 0 amide bonds. The fourth-order valence-corrected chi connectivity index (χ4v) is 5.70. The van der Waals surface area contributed by atoms with Crippen LogP contribution in [0, 0.1) is 0 Å². The molecule has 0 bridgehead atoms. The minimum absolute atomic E-state index is 0.0297. The van der Waals surface area contributed by atoms with E-state index in [2.05, 4.69) is 25.2 Å². The molecule has 16 heteroatoms. The van der Waals surface area contributed by atoms with Gasteiger partial charge < -0.3 is 14.9 Å². The van der Waals surface area contributed by atoms with Crippen LogP contribution >= 0.6 is 0 Å². The number of hydrogen-bond donors (Lipinski definition) is 3. The van der Waals surface area contributed by atoms with Crippen LogP contribution in [0.15, 0.2) is 101 Å². The molecule has 0 fully saturated rings. The minimum atomic E-state index is -5.00. The molecule has 0 radical (unpaired) electrons. The molecule has 1 atom stereocenters. The molecule has 3 N–H and O–H groups in total. The molecule has 9 nitrogen and oxygen atoms in total. The monoisotopic (exact) mass is 691 g/mol. The highest BCUT2D eigenvalue weighted by molar-refractivity contribution is 7.92. The molecule has 0 aliphatic carbocycles. The van der Waals surface area contributed by atoms with E-state index in [1.807, 2.05) is 0 Å². The summed E-state index contributed by atoms with van der Waals surface area (Å²) >= 11 is 0. The van der Waals surface area contributed by atoms with E-state index in [4.69, 9.17) is 4.52 Å². The van der Waals surface area contributed by atoms with Gasteiger partial charge in [0.1, 0.15) is 0 Å². The maximum atomic E-state index is 13.2. The van der Waals surface area contributed by atoms with Crippen LogP contribution in [-0.2, 0) is 35.2 Å². The summed E-state index contributed by atoms with van der Waals surface area (Å²) in [5, 5.41) is 17.1. The van der Waals surface area contributed by atoms with Crippen LogP contribution in [0.2, 0.25) is 0 Å². The van der Waals surface area contributed by atoms with Crippen molar-refractivity contribution in [2.45, 2.75) is 36.2 Å². The summed E-state index contributed by atoms with van der Waals surface area (Å²) in [4.78, 5) is 7.95. The Morgan fingerprint density at radius 2 is 1.52 bits per heavy atom. The summed E-state index contributed by atoms with van der Waals surface area (Å²) in [6.07, 6.45) is -7.32. The normalized spacial score (nSPS) is 13.0. The third kappa shape index (κ3) is 8.96. The molecule has 0 saturated carbocycles. The van der Waals surface area contributed by atoms with E-state index in [9.17, 15) is 39.9 Å². The Hall–Kier alpha value is -4.80. The molecule has 0 spiro atoms. The first-order chi connectivity index (χ1) is 22.7. The van der Waals surface area contributed by atoms with E-state index >= 15 is 0 Å². The SMILES string of the molecule is O=S(=O)(Nc1ccc(CCNCC(O)c2cccnc2)cc1)c1ccc(-c2noc(Cc3cc(C(F)(F)F)cc(C(F)(F)F)c3)n2)cc1. The number of nitrogens with one attached hydrogen (secondary N) is 2. The van der Waals surface area contributed by atoms with E-state index in [1.54, 1.807) is 48.8 Å². The van der Waals surface area contributed by atoms with E-state index < -0.39 is 46.0 Å². The molecule has 0 saturated heterocycles. The number of anilines is 1. The number of halogens is 6. The van der Waals surface area contributed by atoms with E-state index in [0.29, 0.717) is 48.5 Å². The third-order valence-corrected chi connectivity index (χ3v) is 8.49. The molecule has 0 aliphatic rings. The Labute approximate surface area is 270 Å². The van der Waals surface area contributed by atoms with Gasteiger partial charge in [-0.2, -0.15) is 31.3 Å². The van der Waals surface area contributed by atoms with E-state index in [-0.39, 0.29) is 28.2 Å². The Bertz CT molecular complexity index is 1900. The van der Waals surface area contributed by atoms with Crippen LogP contribution in [0.4, 0.5) is 32.0 Å². The Morgan fingerprint density at radius 3 is 2.12 bits per heavy atom. The maximum absolute atomic E-state index is 13.2. The molecular weight excluding hydrogens is 664 g/mol. The number of rotatable bonds is 12. The van der Waals surface area contributed by atoms with Gasteiger partial charge in [0, 0.05) is 35.8 Å². The quantitative estimate of drug-likeness (QED) is 0.101. The number of nitrogens with zero attached hydrogens (tertiary/aromatic N) is 3. The van der Waals surface area contributed by atoms with Gasteiger partial charge in [-0.25, -0.2) is 8.42 Å². The molecule has 1 unspecified atom stereocenters. The number of pyridine rings is 1. The predicted octanol–water partition coefficient (Wildman–Crippen LogP) is 6.43. The maximum Gasteiger partial charge on any atom is 0.416 e. The van der Waals surface area contributed by atoms with Crippen molar-refractivity contribution in [3.8, 4) is 11.4 Å². The smallest absolute Gasteiger partial charge is 0.387 e. The number of sulfonamides is 1. The van der Waals surface area contributed by atoms with Crippen LogP contribution in [-0.4, -0.2) is 41.7 Å². The van der Waals surface area contributed by atoms with E-state index in [0.717, 1.165) is 5.56 Å². The molecule has 252 valence electrons. The van der Waals surface area contributed by atoms with Crippen LogP contribution in [0.25, 0.3) is 11.4 Å². The summed E-state index contributed by atoms with van der Waals surface area (Å²) in [6, 6.07) is 16.9. The number of alkyl halides is 6. The van der Waals surface area contributed by atoms with Gasteiger partial charge in [-0.05, 0) is 84.8 Å². The standard InChI is InChI=1S/C32H27F6N5O4S/c33-31(34,35)24-14-21(15-25(17-24)32(36,37)38)16-29-41-30(42-47-29)22-5-9-27(10-6-22)48(45,46)43-26-7-3-20(4-8-26)11-13-40-19-28(44)23-2-1-12-39-18-23/h1-10,12,14-15,17-18,28,40,43-44H,11,13,16,19H2. The summed E-state index contributed by atoms with van der Waals surface area (Å²) in [7, 11) is -3.99. The van der Waals surface area contributed by atoms with Gasteiger partial charge in [-0.1, -0.05) is 23.4 Å². The van der Waals surface area contributed by atoms with Crippen LogP contribution in [0.5, 0.6) is 0 Å². The summed E-state index contributed by atoms with van der Waals surface area (Å²) in [6.45, 7) is 0.934. The van der Waals surface area contributed by atoms with Crippen LogP contribution in [0.1, 0.15) is 39.8 Å². The topological polar surface area (TPSA) is 130 Å². The summed E-state index contributed by atoms with van der Waals surface area (Å²) in [5.41, 5.74) is -0.975. The van der Waals surface area contributed by atoms with Crippen molar-refractivity contribution < 1.29 is 44.4 Å². The van der Waals surface area contributed by atoms with Gasteiger partial charge in [0.15, 0.2) is 0 Å². The van der Waals surface area contributed by atoms with Crippen molar-refractivity contribution in [3.05, 3.63) is 125 Å². The third-order valence-electron chi connectivity index (χ3n) is 7.10. The molecule has 48 heavy (non-hydrogen) atoms. The molecule has 0 aliphatic heterocycles. The molecule has 2 heterocycles. The molecule has 5 aromatic rings. The number of aliphatic hydroxyl groups excluding tert-OH is 1. The number of aliphatic hydroxyl groups is 1. The molecule has 2 aromatic heterocycles. The fourth-order valence-electron chi connectivity index (χ4n) is 4.64. The lowest BCUT2D eigenvalue weighted by Gasteiger charge is -2.13. The van der Waals surface area contributed by atoms with Gasteiger partial charge in [0.05, 0.1) is 28.5 Å². The second-order valence-electron chi connectivity index (χ2n) is 10.7. The fraction of sp³-hybridized carbons (Fsp3) is 0.219. The highest BCUT2D eigenvalue weighted by Gasteiger charge is 2.37. The average Bonchev–Trinajstić information content (AvgIpc) is 3.51. The van der Waals surface area contributed by atoms with Crippen molar-refractivity contribution in [2.24, 2.45) is 0 Å². The van der Waals surface area contributed by atoms with Gasteiger partial charge in [-0.3, -0.25) is 9.71 Å². The Kier molecular flexibility index (Phi) is 10.2. The summed E-state index contributed by atoms with van der Waals surface area (Å²) in [5.74, 6) is -0.279. The lowest BCUT2D eigenvalue weighted by atomic mass is 10.0. The molecule has 5 rings (SSSR count). The zero-order valence-electron chi connectivity index (χ0n) is 24.8. The predicted molar refractivity (Wildman–Crippen MR) is 162 cm³/mol. The zero-order chi connectivity index (χ0) is 34.5. The number of benzene rings is 3. The first-order valence-electron chi connectivity index (χ1n) is 14.3. The second-order valence-corrected chi connectivity index (χ2v) is 12.4. The van der Waals surface area contributed by atoms with Crippen LogP contribution in [0.3, 0.4) is 0 Å². The highest BCUT2D eigenvalue weighted by Crippen LogP contribution is 2.37. The van der Waals surface area contributed by atoms with Crippen molar-refractivity contribution >= 4 is 15.7 Å². The van der Waals surface area contributed by atoms with Gasteiger partial charge in [0.2, 0.25) is 11.7 Å². The Morgan fingerprint density at radius 1 is 0.854 bits per heavy atom. The van der Waals surface area contributed by atoms with Gasteiger partial charge in [-0.15, -0.1) is 0 Å². The van der Waals surface area contributed by atoms with Gasteiger partial charge >= 0.3 is 12.4 Å². The summed E-state index contributed by atoms with van der Waals surface area (Å²) < 4.78 is 113. The first kappa shape index (κ1) is 34.5. The lowest BCUT2D eigenvalue weighted by Crippen LogP contribution is -2.23. The largest absolute Gasteiger partial charge is 0.416 e. The average molecular weight is 692 g/mol. The second kappa shape index (κ2) is 14.1. The van der Waals surface area contributed by atoms with Crippen molar-refractivity contribution in [3.63, 3.8) is 0 Å². The van der Waals surface area contributed by atoms with Gasteiger partial charge in [0.25, 0.3) is 10.0 Å². The zero-order valence-corrected chi connectivity index (χ0v) is 25.6. The molecular formula is C32H27F6N5O4S. The first-order valence-corrected chi connectivity index (χ1v) is 15.8. The lowest BCUT2D eigenvalue weighted by molar-refractivity contribution is -0.143. The van der Waals surface area contributed by atoms with Crippen molar-refractivity contribution in [1.29, 1.82) is 0 Å². The number of aromatic nitrogens is 3. The molecule has 3 aromatic carbocycles.